The maximum absolute atomic E-state index is 10.8. The summed E-state index contributed by atoms with van der Waals surface area (Å²) in [5.74, 6) is -0.391. The second-order valence-electron chi connectivity index (χ2n) is 1.62. The minimum atomic E-state index is -0.391. The van der Waals surface area contributed by atoms with Crippen LogP contribution in [0, 0.1) is 0 Å². The number of nitrogens with one attached hydrogen (secondary N) is 1. The minimum absolute atomic E-state index is 0.0902. The molecule has 0 rings (SSSR count). The summed E-state index contributed by atoms with van der Waals surface area (Å²) in [6, 6.07) is 0. The molecule has 4 heteroatoms. The Hall–Kier alpha value is -1.58. The number of rotatable bonds is 3. The fourth-order valence-corrected chi connectivity index (χ4v) is 0.428. The monoisotopic (exact) mass is 154 g/mol. The van der Waals surface area contributed by atoms with Gasteiger partial charge in [0.1, 0.15) is 0 Å². The van der Waals surface area contributed by atoms with Crippen LogP contribution in [0.15, 0.2) is 29.6 Å². The molecule has 60 valence electrons. The van der Waals surface area contributed by atoms with Crippen molar-refractivity contribution < 1.29 is 9.90 Å². The number of aliphatic hydroxyl groups is 1. The SMILES string of the molecule is C=CN=C/C(=C/O)C(=O)NC. The van der Waals surface area contributed by atoms with Crippen molar-refractivity contribution in [2.75, 3.05) is 7.05 Å². The van der Waals surface area contributed by atoms with Crippen LogP contribution >= 0.6 is 0 Å². The van der Waals surface area contributed by atoms with E-state index in [2.05, 4.69) is 16.9 Å². The molecule has 0 fully saturated rings. The Bertz CT molecular complexity index is 206. The van der Waals surface area contributed by atoms with Crippen molar-refractivity contribution in [2.45, 2.75) is 0 Å². The maximum Gasteiger partial charge on any atom is 0.255 e. The molecule has 0 aromatic rings. The number of amides is 1. The molecule has 2 N–H and O–H groups in total. The van der Waals surface area contributed by atoms with Gasteiger partial charge in [0.25, 0.3) is 5.91 Å². The lowest BCUT2D eigenvalue weighted by molar-refractivity contribution is -0.116. The number of likely N-dealkylation sites (N-methyl/N-ethyl adjacent to an activating group) is 1. The Kier molecular flexibility index (Phi) is 4.47. The summed E-state index contributed by atoms with van der Waals surface area (Å²) >= 11 is 0. The third-order valence-corrected chi connectivity index (χ3v) is 0.947. The normalized spacial score (nSPS) is 11.5. The first-order valence-electron chi connectivity index (χ1n) is 2.96. The van der Waals surface area contributed by atoms with E-state index in [1.807, 2.05) is 0 Å². The van der Waals surface area contributed by atoms with Crippen LogP contribution in [0.3, 0.4) is 0 Å². The molecule has 0 aliphatic carbocycles. The van der Waals surface area contributed by atoms with Crippen molar-refractivity contribution in [1.29, 1.82) is 0 Å². The van der Waals surface area contributed by atoms with Crippen molar-refractivity contribution >= 4 is 12.1 Å². The highest BCUT2D eigenvalue weighted by molar-refractivity contribution is 6.11. The molecule has 0 saturated heterocycles. The highest BCUT2D eigenvalue weighted by Crippen LogP contribution is 1.87. The summed E-state index contributed by atoms with van der Waals surface area (Å²) in [5.41, 5.74) is 0.0902. The predicted molar refractivity (Wildman–Crippen MR) is 43.5 cm³/mol. The molecule has 0 radical (unpaired) electrons. The van der Waals surface area contributed by atoms with E-state index in [4.69, 9.17) is 5.11 Å². The van der Waals surface area contributed by atoms with E-state index in [0.717, 1.165) is 0 Å². The third-order valence-electron chi connectivity index (χ3n) is 0.947. The Balaban J connectivity index is 4.31. The highest BCUT2D eigenvalue weighted by atomic mass is 16.2. The number of nitrogens with zero attached hydrogens (tertiary/aromatic N) is 1. The van der Waals surface area contributed by atoms with Crippen LogP contribution in [0.5, 0.6) is 0 Å². The zero-order valence-electron chi connectivity index (χ0n) is 6.24. The van der Waals surface area contributed by atoms with E-state index < -0.39 is 5.91 Å². The van der Waals surface area contributed by atoms with Crippen LogP contribution in [-0.2, 0) is 4.79 Å². The quantitative estimate of drug-likeness (QED) is 0.351. The van der Waals surface area contributed by atoms with Crippen LogP contribution in [0.4, 0.5) is 0 Å². The predicted octanol–water partition coefficient (Wildman–Crippen LogP) is 0.389. The van der Waals surface area contributed by atoms with E-state index >= 15 is 0 Å². The first-order chi connectivity index (χ1) is 5.26. The molecule has 1 amide bonds. The zero-order valence-corrected chi connectivity index (χ0v) is 6.24. The largest absolute Gasteiger partial charge is 0.515 e. The number of hydrogen-bond donors (Lipinski definition) is 2. The number of carbonyl (C=O) groups is 1. The average molecular weight is 154 g/mol. The molecular formula is C7H10N2O2. The van der Waals surface area contributed by atoms with E-state index in [1.54, 1.807) is 0 Å². The zero-order chi connectivity index (χ0) is 8.69. The average Bonchev–Trinajstić information content (AvgIpc) is 2.05. The van der Waals surface area contributed by atoms with Crippen molar-refractivity contribution in [2.24, 2.45) is 4.99 Å². The van der Waals surface area contributed by atoms with Crippen molar-refractivity contribution in [1.82, 2.24) is 5.32 Å². The van der Waals surface area contributed by atoms with Gasteiger partial charge < -0.3 is 10.4 Å². The molecule has 0 heterocycles. The van der Waals surface area contributed by atoms with E-state index in [9.17, 15) is 4.79 Å². The maximum atomic E-state index is 10.8. The molecule has 0 bridgehead atoms. The van der Waals surface area contributed by atoms with Gasteiger partial charge in [0, 0.05) is 19.5 Å². The van der Waals surface area contributed by atoms with Gasteiger partial charge in [-0.2, -0.15) is 0 Å². The Labute approximate surface area is 65.0 Å². The van der Waals surface area contributed by atoms with Crippen molar-refractivity contribution in [3.8, 4) is 0 Å². The molecule has 0 spiro atoms. The van der Waals surface area contributed by atoms with Gasteiger partial charge in [0.05, 0.1) is 11.8 Å². The summed E-state index contributed by atoms with van der Waals surface area (Å²) in [4.78, 5) is 14.3. The Morgan fingerprint density at radius 1 is 1.73 bits per heavy atom. The van der Waals surface area contributed by atoms with Gasteiger partial charge in [0.15, 0.2) is 0 Å². The van der Waals surface area contributed by atoms with Crippen molar-refractivity contribution in [3.63, 3.8) is 0 Å². The number of hydrogen-bond acceptors (Lipinski definition) is 3. The lowest BCUT2D eigenvalue weighted by Gasteiger charge is -1.95. The molecule has 0 aromatic carbocycles. The molecule has 4 nitrogen and oxygen atoms in total. The first-order valence-corrected chi connectivity index (χ1v) is 2.96. The standard InChI is InChI=1S/C7H10N2O2/c1-3-9-4-6(5-10)7(11)8-2/h3-5,10H,1H2,2H3,(H,8,11)/b6-5-,9-4?. The first kappa shape index (κ1) is 9.42. The van der Waals surface area contributed by atoms with Gasteiger partial charge in [-0.1, -0.05) is 6.58 Å². The molecule has 0 atom stereocenters. The summed E-state index contributed by atoms with van der Waals surface area (Å²) in [6.45, 7) is 3.31. The third kappa shape index (κ3) is 3.20. The van der Waals surface area contributed by atoms with Gasteiger partial charge in [-0.3, -0.25) is 9.79 Å². The smallest absolute Gasteiger partial charge is 0.255 e. The van der Waals surface area contributed by atoms with Crippen LogP contribution in [0.2, 0.25) is 0 Å². The van der Waals surface area contributed by atoms with E-state index in [0.29, 0.717) is 6.26 Å². The summed E-state index contributed by atoms with van der Waals surface area (Å²) in [7, 11) is 1.47. The molecule has 0 aliphatic rings. The van der Waals surface area contributed by atoms with Crippen LogP contribution in [0.25, 0.3) is 0 Å². The lowest BCUT2D eigenvalue weighted by Crippen LogP contribution is -2.20. The second-order valence-corrected chi connectivity index (χ2v) is 1.62. The topological polar surface area (TPSA) is 61.7 Å². The molecule has 0 unspecified atom stereocenters. The van der Waals surface area contributed by atoms with E-state index in [-0.39, 0.29) is 5.57 Å². The lowest BCUT2D eigenvalue weighted by atomic mass is 10.3. The molecule has 11 heavy (non-hydrogen) atoms. The van der Waals surface area contributed by atoms with E-state index in [1.165, 1.54) is 19.5 Å². The van der Waals surface area contributed by atoms with Crippen LogP contribution in [-0.4, -0.2) is 24.3 Å². The molecule has 0 aromatic heterocycles. The fraction of sp³-hybridized carbons (Fsp3) is 0.143. The highest BCUT2D eigenvalue weighted by Gasteiger charge is 2.02. The molecule has 0 saturated carbocycles. The summed E-state index contributed by atoms with van der Waals surface area (Å²) < 4.78 is 0. The summed E-state index contributed by atoms with van der Waals surface area (Å²) in [5, 5.41) is 10.8. The van der Waals surface area contributed by atoms with Crippen molar-refractivity contribution in [3.05, 3.63) is 24.6 Å². The molecular weight excluding hydrogens is 144 g/mol. The number of aliphatic hydroxyl groups excluding tert-OH is 1. The van der Waals surface area contributed by atoms with Crippen LogP contribution < -0.4 is 5.32 Å². The van der Waals surface area contributed by atoms with Crippen LogP contribution in [0.1, 0.15) is 0 Å². The number of aliphatic imine (C=N–C) groups is 1. The Morgan fingerprint density at radius 3 is 2.73 bits per heavy atom. The van der Waals surface area contributed by atoms with Gasteiger partial charge in [0.2, 0.25) is 0 Å². The second kappa shape index (κ2) is 5.22. The van der Waals surface area contributed by atoms with Gasteiger partial charge in [-0.25, -0.2) is 0 Å². The molecule has 0 aliphatic heterocycles. The van der Waals surface area contributed by atoms with Gasteiger partial charge >= 0.3 is 0 Å². The minimum Gasteiger partial charge on any atom is -0.515 e. The fourth-order valence-electron chi connectivity index (χ4n) is 0.428. The Morgan fingerprint density at radius 2 is 2.36 bits per heavy atom. The van der Waals surface area contributed by atoms with Gasteiger partial charge in [-0.05, 0) is 0 Å². The number of carbonyl (C=O) groups excluding carboxylic acids is 1. The van der Waals surface area contributed by atoms with Gasteiger partial charge in [-0.15, -0.1) is 0 Å². The summed E-state index contributed by atoms with van der Waals surface area (Å²) in [6.07, 6.45) is 3.17.